The third-order valence-corrected chi connectivity index (χ3v) is 3.98. The lowest BCUT2D eigenvalue weighted by Crippen LogP contribution is -2.37. The average molecular weight is 327 g/mol. The van der Waals surface area contributed by atoms with Crippen LogP contribution < -0.4 is 4.74 Å². The summed E-state index contributed by atoms with van der Waals surface area (Å²) < 4.78 is 5.41. The third kappa shape index (κ3) is 4.59. The number of halogens is 1. The molecule has 0 aliphatic carbocycles. The van der Waals surface area contributed by atoms with Crippen LogP contribution in [0.4, 0.5) is 5.69 Å². The Labute approximate surface area is 134 Å². The first-order valence-corrected chi connectivity index (χ1v) is 7.80. The Bertz CT molecular complexity index is 542. The number of nitrogens with zero attached hydrogens (tertiary/aromatic N) is 2. The molecule has 1 amide bonds. The summed E-state index contributed by atoms with van der Waals surface area (Å²) >= 11 is 5.94. The van der Waals surface area contributed by atoms with E-state index in [0.717, 1.165) is 38.8 Å². The van der Waals surface area contributed by atoms with Gasteiger partial charge < -0.3 is 9.64 Å². The number of hydrogen-bond donors (Lipinski definition) is 0. The van der Waals surface area contributed by atoms with Crippen LogP contribution in [0.25, 0.3) is 0 Å². The maximum absolute atomic E-state index is 12.2. The summed E-state index contributed by atoms with van der Waals surface area (Å²) in [7, 11) is 0. The van der Waals surface area contributed by atoms with Crippen molar-refractivity contribution in [1.82, 2.24) is 4.90 Å². The largest absolute Gasteiger partial charge is 0.482 e. The van der Waals surface area contributed by atoms with Crippen LogP contribution in [-0.4, -0.2) is 35.4 Å². The first-order chi connectivity index (χ1) is 10.6. The Morgan fingerprint density at radius 2 is 1.86 bits per heavy atom. The molecule has 2 rings (SSSR count). The molecule has 0 radical (unpaired) electrons. The fourth-order valence-electron chi connectivity index (χ4n) is 2.45. The van der Waals surface area contributed by atoms with Crippen molar-refractivity contribution in [2.24, 2.45) is 0 Å². The van der Waals surface area contributed by atoms with Crippen LogP contribution >= 0.6 is 11.6 Å². The zero-order valence-electron chi connectivity index (χ0n) is 12.3. The summed E-state index contributed by atoms with van der Waals surface area (Å²) in [5.41, 5.74) is -0.104. The lowest BCUT2D eigenvalue weighted by molar-refractivity contribution is -0.384. The quantitative estimate of drug-likeness (QED) is 0.627. The van der Waals surface area contributed by atoms with Gasteiger partial charge in [0.15, 0.2) is 6.61 Å². The molecule has 1 aromatic rings. The van der Waals surface area contributed by atoms with Crippen molar-refractivity contribution < 1.29 is 14.5 Å². The number of hydrogen-bond acceptors (Lipinski definition) is 4. The van der Waals surface area contributed by atoms with Gasteiger partial charge in [-0.25, -0.2) is 0 Å². The van der Waals surface area contributed by atoms with Gasteiger partial charge in [-0.05, 0) is 18.9 Å². The smallest absolute Gasteiger partial charge is 0.271 e. The van der Waals surface area contributed by atoms with Gasteiger partial charge in [-0.3, -0.25) is 14.9 Å². The van der Waals surface area contributed by atoms with Crippen molar-refractivity contribution in [3.63, 3.8) is 0 Å². The maximum Gasteiger partial charge on any atom is 0.271 e. The Balaban J connectivity index is 1.91. The summed E-state index contributed by atoms with van der Waals surface area (Å²) in [5.74, 6) is 0.212. The van der Waals surface area contributed by atoms with Crippen molar-refractivity contribution in [3.05, 3.63) is 33.3 Å². The molecule has 6 nitrogen and oxygen atoms in total. The molecule has 0 N–H and O–H groups in total. The van der Waals surface area contributed by atoms with E-state index < -0.39 is 4.92 Å². The van der Waals surface area contributed by atoms with Gasteiger partial charge in [0.1, 0.15) is 5.75 Å². The number of carbonyl (C=O) groups is 1. The summed E-state index contributed by atoms with van der Waals surface area (Å²) in [6.07, 6.45) is 5.57. The molecule has 0 unspecified atom stereocenters. The molecule has 1 aromatic carbocycles. The van der Waals surface area contributed by atoms with E-state index >= 15 is 0 Å². The van der Waals surface area contributed by atoms with Crippen molar-refractivity contribution >= 4 is 23.2 Å². The van der Waals surface area contributed by atoms with E-state index in [4.69, 9.17) is 16.3 Å². The number of benzene rings is 1. The van der Waals surface area contributed by atoms with Crippen LogP contribution in [0, 0.1) is 10.1 Å². The lowest BCUT2D eigenvalue weighted by atomic mass is 10.1. The van der Waals surface area contributed by atoms with Crippen molar-refractivity contribution in [2.75, 3.05) is 19.7 Å². The molecule has 1 heterocycles. The van der Waals surface area contributed by atoms with Gasteiger partial charge in [0.05, 0.1) is 9.95 Å². The minimum Gasteiger partial charge on any atom is -0.482 e. The standard InChI is InChI=1S/C15H19ClN2O4/c16-13-10-12(18(20)21)6-7-14(13)22-11-15(19)17-8-4-2-1-3-5-9-17/h6-7,10H,1-5,8-9,11H2. The van der Waals surface area contributed by atoms with E-state index in [1.165, 1.54) is 24.6 Å². The molecular weight excluding hydrogens is 308 g/mol. The zero-order valence-corrected chi connectivity index (χ0v) is 13.1. The van der Waals surface area contributed by atoms with E-state index in [2.05, 4.69) is 0 Å². The highest BCUT2D eigenvalue weighted by molar-refractivity contribution is 6.32. The van der Waals surface area contributed by atoms with Crippen LogP contribution in [0.5, 0.6) is 5.75 Å². The number of nitro benzene ring substituents is 1. The number of likely N-dealkylation sites (tertiary alicyclic amines) is 1. The molecule has 0 saturated carbocycles. The minimum atomic E-state index is -0.527. The number of ether oxygens (including phenoxy) is 1. The Kier molecular flexibility index (Phi) is 6.00. The predicted octanol–water partition coefficient (Wildman–Crippen LogP) is 3.42. The number of carbonyl (C=O) groups excluding carboxylic acids is 1. The third-order valence-electron chi connectivity index (χ3n) is 3.69. The highest BCUT2D eigenvalue weighted by Gasteiger charge is 2.16. The summed E-state index contributed by atoms with van der Waals surface area (Å²) in [6, 6.07) is 3.94. The molecule has 1 aliphatic rings. The maximum atomic E-state index is 12.2. The van der Waals surface area contributed by atoms with Crippen molar-refractivity contribution in [3.8, 4) is 5.75 Å². The predicted molar refractivity (Wildman–Crippen MR) is 83.3 cm³/mol. The SMILES string of the molecule is O=C(COc1ccc([N+](=O)[O-])cc1Cl)N1CCCCCCC1. The first kappa shape index (κ1) is 16.5. The fraction of sp³-hybridized carbons (Fsp3) is 0.533. The van der Waals surface area contributed by atoms with E-state index in [0.29, 0.717) is 0 Å². The minimum absolute atomic E-state index is 0.0729. The van der Waals surface area contributed by atoms with Gasteiger partial charge in [0.25, 0.3) is 11.6 Å². The van der Waals surface area contributed by atoms with Gasteiger partial charge >= 0.3 is 0 Å². The normalized spacial score (nSPS) is 15.8. The van der Waals surface area contributed by atoms with Crippen LogP contribution in [-0.2, 0) is 4.79 Å². The van der Waals surface area contributed by atoms with Crippen molar-refractivity contribution in [1.29, 1.82) is 0 Å². The van der Waals surface area contributed by atoms with E-state index in [9.17, 15) is 14.9 Å². The molecule has 0 atom stereocenters. The highest BCUT2D eigenvalue weighted by Crippen LogP contribution is 2.28. The topological polar surface area (TPSA) is 72.7 Å². The Hall–Kier alpha value is -1.82. The fourth-order valence-corrected chi connectivity index (χ4v) is 2.68. The molecule has 7 heteroatoms. The second-order valence-corrected chi connectivity index (χ2v) is 5.72. The molecular formula is C15H19ClN2O4. The average Bonchev–Trinajstić information content (AvgIpc) is 2.45. The molecule has 0 spiro atoms. The number of non-ortho nitro benzene ring substituents is 1. The molecule has 1 saturated heterocycles. The van der Waals surface area contributed by atoms with Crippen LogP contribution in [0.3, 0.4) is 0 Å². The molecule has 1 aliphatic heterocycles. The van der Waals surface area contributed by atoms with Gasteiger partial charge in [-0.15, -0.1) is 0 Å². The molecule has 120 valence electrons. The molecule has 0 bridgehead atoms. The van der Waals surface area contributed by atoms with Crippen LogP contribution in [0.2, 0.25) is 5.02 Å². The first-order valence-electron chi connectivity index (χ1n) is 7.42. The number of amides is 1. The van der Waals surface area contributed by atoms with Gasteiger partial charge in [0, 0.05) is 25.2 Å². The molecule has 1 fully saturated rings. The summed E-state index contributed by atoms with van der Waals surface area (Å²) in [4.78, 5) is 24.1. The number of rotatable bonds is 4. The van der Waals surface area contributed by atoms with Crippen LogP contribution in [0.15, 0.2) is 18.2 Å². The van der Waals surface area contributed by atoms with E-state index in [-0.39, 0.29) is 29.0 Å². The lowest BCUT2D eigenvalue weighted by Gasteiger charge is -2.24. The monoisotopic (exact) mass is 326 g/mol. The number of nitro groups is 1. The highest BCUT2D eigenvalue weighted by atomic mass is 35.5. The van der Waals surface area contributed by atoms with E-state index in [1.54, 1.807) is 0 Å². The molecule has 22 heavy (non-hydrogen) atoms. The van der Waals surface area contributed by atoms with Gasteiger partial charge in [0.2, 0.25) is 0 Å². The Morgan fingerprint density at radius 1 is 1.23 bits per heavy atom. The second kappa shape index (κ2) is 7.98. The molecule has 0 aromatic heterocycles. The second-order valence-electron chi connectivity index (χ2n) is 5.31. The zero-order chi connectivity index (χ0) is 15.9. The van der Waals surface area contributed by atoms with E-state index in [1.807, 2.05) is 4.90 Å². The summed E-state index contributed by atoms with van der Waals surface area (Å²) in [6.45, 7) is 1.42. The van der Waals surface area contributed by atoms with Crippen molar-refractivity contribution in [2.45, 2.75) is 32.1 Å². The van der Waals surface area contributed by atoms with Gasteiger partial charge in [-0.2, -0.15) is 0 Å². The summed E-state index contributed by atoms with van der Waals surface area (Å²) in [5, 5.41) is 10.8. The van der Waals surface area contributed by atoms with Crippen LogP contribution in [0.1, 0.15) is 32.1 Å². The van der Waals surface area contributed by atoms with Gasteiger partial charge in [-0.1, -0.05) is 30.9 Å². The Morgan fingerprint density at radius 3 is 2.45 bits per heavy atom.